The number of nitrogens with zero attached hydrogens (tertiary/aromatic N) is 5. The zero-order valence-electron chi connectivity index (χ0n) is 15.4. The Hall–Kier alpha value is -3.17. The molecule has 10 nitrogen and oxygen atoms in total. The third kappa shape index (κ3) is 3.37. The van der Waals surface area contributed by atoms with Gasteiger partial charge in [0.15, 0.2) is 5.65 Å². The molecule has 3 heterocycles. The second-order valence-corrected chi connectivity index (χ2v) is 7.51. The fraction of sp³-hybridized carbons (Fsp3) is 0.500. The number of nitrogens with one attached hydrogen (secondary N) is 3. The van der Waals surface area contributed by atoms with Gasteiger partial charge < -0.3 is 15.4 Å². The fourth-order valence-corrected chi connectivity index (χ4v) is 3.57. The molecule has 2 saturated carbocycles. The lowest BCUT2D eigenvalue weighted by Gasteiger charge is -2.22. The molecule has 0 aromatic carbocycles. The molecule has 28 heavy (non-hydrogen) atoms. The quantitative estimate of drug-likeness (QED) is 0.509. The number of anilines is 1. The predicted molar refractivity (Wildman–Crippen MR) is 102 cm³/mol. The minimum absolute atomic E-state index is 0.221. The summed E-state index contributed by atoms with van der Waals surface area (Å²) >= 11 is 0. The van der Waals surface area contributed by atoms with E-state index >= 15 is 0 Å². The highest BCUT2D eigenvalue weighted by Crippen LogP contribution is 2.22. The molecule has 0 atom stereocenters. The van der Waals surface area contributed by atoms with Crippen LogP contribution in [0.25, 0.3) is 11.7 Å². The van der Waals surface area contributed by atoms with E-state index in [0.29, 0.717) is 34.5 Å². The van der Waals surface area contributed by atoms with Crippen molar-refractivity contribution >= 4 is 17.7 Å². The van der Waals surface area contributed by atoms with Crippen molar-refractivity contribution in [2.45, 2.75) is 57.0 Å². The van der Waals surface area contributed by atoms with Gasteiger partial charge in [0.2, 0.25) is 11.8 Å². The second kappa shape index (κ2) is 6.77. The molecule has 0 radical (unpaired) electrons. The summed E-state index contributed by atoms with van der Waals surface area (Å²) in [7, 11) is 0. The number of aromatic nitrogens is 6. The summed E-state index contributed by atoms with van der Waals surface area (Å²) in [5.74, 6) is 0.322. The van der Waals surface area contributed by atoms with Crippen LogP contribution in [0.3, 0.4) is 0 Å². The average Bonchev–Trinajstić information content (AvgIpc) is 3.32. The van der Waals surface area contributed by atoms with Crippen LogP contribution in [0.1, 0.15) is 50.6 Å². The zero-order valence-corrected chi connectivity index (χ0v) is 15.4. The molecule has 5 rings (SSSR count). The highest BCUT2D eigenvalue weighted by atomic mass is 16.3. The maximum atomic E-state index is 11.4. The number of imidazole rings is 1. The summed E-state index contributed by atoms with van der Waals surface area (Å²) in [5.41, 5.74) is 0.909. The van der Waals surface area contributed by atoms with Gasteiger partial charge in [-0.3, -0.25) is 4.98 Å². The molecule has 146 valence electrons. The Labute approximate surface area is 159 Å². The largest absolute Gasteiger partial charge is 0.493 e. The van der Waals surface area contributed by atoms with Crippen LogP contribution in [0.2, 0.25) is 0 Å². The van der Waals surface area contributed by atoms with Gasteiger partial charge in [0.1, 0.15) is 5.69 Å². The Morgan fingerprint density at radius 1 is 1.18 bits per heavy atom. The van der Waals surface area contributed by atoms with Crippen LogP contribution in [0.4, 0.5) is 5.95 Å². The van der Waals surface area contributed by atoms with E-state index in [-0.39, 0.29) is 11.6 Å². The summed E-state index contributed by atoms with van der Waals surface area (Å²) in [6, 6.07) is 0.660. The van der Waals surface area contributed by atoms with E-state index in [4.69, 9.17) is 0 Å². The van der Waals surface area contributed by atoms with E-state index in [1.807, 2.05) is 0 Å². The molecule has 0 aliphatic heterocycles. The van der Waals surface area contributed by atoms with Gasteiger partial charge in [-0.15, -0.1) is 0 Å². The normalized spacial score (nSPS) is 19.6. The third-order valence-electron chi connectivity index (χ3n) is 5.20. The molecule has 2 aliphatic rings. The summed E-state index contributed by atoms with van der Waals surface area (Å²) in [4.78, 5) is 30.2. The van der Waals surface area contributed by atoms with Crippen molar-refractivity contribution in [2.75, 3.05) is 5.32 Å². The van der Waals surface area contributed by atoms with Gasteiger partial charge >= 0.3 is 5.69 Å². The van der Waals surface area contributed by atoms with Gasteiger partial charge in [0, 0.05) is 11.3 Å². The molecule has 0 saturated heterocycles. The van der Waals surface area contributed by atoms with Gasteiger partial charge in [-0.05, 0) is 31.8 Å². The maximum Gasteiger partial charge on any atom is 0.326 e. The number of rotatable bonds is 4. The molecule has 2 fully saturated rings. The Morgan fingerprint density at radius 2 is 2.00 bits per heavy atom. The van der Waals surface area contributed by atoms with Crippen LogP contribution in [0, 0.1) is 0 Å². The number of hydrogen-bond donors (Lipinski definition) is 4. The van der Waals surface area contributed by atoms with Gasteiger partial charge in [-0.25, -0.2) is 9.79 Å². The molecule has 3 aromatic heterocycles. The number of fused-ring (bicyclic) bond motifs is 1. The summed E-state index contributed by atoms with van der Waals surface area (Å²) in [5, 5.41) is 18.3. The summed E-state index contributed by atoms with van der Waals surface area (Å²) in [6.45, 7) is 0. The van der Waals surface area contributed by atoms with Gasteiger partial charge in [-0.2, -0.15) is 19.6 Å². The van der Waals surface area contributed by atoms with E-state index in [1.54, 1.807) is 16.8 Å². The summed E-state index contributed by atoms with van der Waals surface area (Å²) in [6.07, 6.45) is 11.3. The first-order valence-corrected chi connectivity index (χ1v) is 9.75. The van der Waals surface area contributed by atoms with Crippen LogP contribution < -0.4 is 21.8 Å². The monoisotopic (exact) mass is 382 g/mol. The van der Waals surface area contributed by atoms with Crippen molar-refractivity contribution < 1.29 is 5.11 Å². The van der Waals surface area contributed by atoms with Crippen molar-refractivity contribution in [2.24, 2.45) is 4.99 Å². The molecule has 3 aromatic rings. The Kier molecular flexibility index (Phi) is 4.10. The Morgan fingerprint density at radius 3 is 2.71 bits per heavy atom. The van der Waals surface area contributed by atoms with Gasteiger partial charge in [-0.1, -0.05) is 19.3 Å². The molecule has 0 bridgehead atoms. The van der Waals surface area contributed by atoms with Crippen molar-refractivity contribution in [3.63, 3.8) is 0 Å². The first-order chi connectivity index (χ1) is 13.7. The molecule has 4 N–H and O–H groups in total. The molecule has 2 aliphatic carbocycles. The minimum atomic E-state index is -0.473. The van der Waals surface area contributed by atoms with Crippen LogP contribution in [-0.2, 0) is 0 Å². The molecular weight excluding hydrogens is 360 g/mol. The van der Waals surface area contributed by atoms with Crippen molar-refractivity contribution in [3.8, 4) is 5.88 Å². The number of aromatic amines is 2. The zero-order chi connectivity index (χ0) is 19.1. The molecule has 0 spiro atoms. The lowest BCUT2D eigenvalue weighted by Crippen LogP contribution is -2.29. The first kappa shape index (κ1) is 17.0. The van der Waals surface area contributed by atoms with Crippen LogP contribution in [0.15, 0.2) is 16.0 Å². The molecular formula is C18H22N8O2. The first-order valence-electron chi connectivity index (χ1n) is 9.75. The lowest BCUT2D eigenvalue weighted by atomic mass is 9.96. The highest BCUT2D eigenvalue weighted by molar-refractivity contribution is 5.57. The van der Waals surface area contributed by atoms with E-state index in [0.717, 1.165) is 25.7 Å². The van der Waals surface area contributed by atoms with Crippen LogP contribution in [-0.4, -0.2) is 46.7 Å². The van der Waals surface area contributed by atoms with E-state index in [9.17, 15) is 9.90 Å². The fourth-order valence-electron chi connectivity index (χ4n) is 3.57. The van der Waals surface area contributed by atoms with Crippen LogP contribution >= 0.6 is 0 Å². The smallest absolute Gasteiger partial charge is 0.326 e. The average molecular weight is 382 g/mol. The SMILES string of the molecule is O=c1[nH]c(O)c(C=c2cnn3c(=NC4CC4)nc(NC4CCCCC4)nc23)[nH]1. The van der Waals surface area contributed by atoms with Crippen LogP contribution in [0.5, 0.6) is 5.88 Å². The third-order valence-corrected chi connectivity index (χ3v) is 5.20. The predicted octanol–water partition coefficient (Wildman–Crippen LogP) is 0.202. The number of hydrogen-bond acceptors (Lipinski definition) is 7. The van der Waals surface area contributed by atoms with E-state index < -0.39 is 5.69 Å². The second-order valence-electron chi connectivity index (χ2n) is 7.51. The van der Waals surface area contributed by atoms with Gasteiger partial charge in [0.05, 0.1) is 12.2 Å². The van der Waals surface area contributed by atoms with E-state index in [1.165, 1.54) is 19.3 Å². The maximum absolute atomic E-state index is 11.4. The molecule has 0 amide bonds. The molecule has 10 heteroatoms. The topological polar surface area (TPSA) is 136 Å². The summed E-state index contributed by atoms with van der Waals surface area (Å²) < 4.78 is 1.61. The minimum Gasteiger partial charge on any atom is -0.493 e. The highest BCUT2D eigenvalue weighted by Gasteiger charge is 2.21. The van der Waals surface area contributed by atoms with Crippen molar-refractivity contribution in [3.05, 3.63) is 33.2 Å². The Balaban J connectivity index is 1.63. The van der Waals surface area contributed by atoms with Crippen molar-refractivity contribution in [1.82, 2.24) is 29.5 Å². The van der Waals surface area contributed by atoms with Gasteiger partial charge in [0.25, 0.3) is 5.62 Å². The lowest BCUT2D eigenvalue weighted by molar-refractivity contribution is 0.454. The Bertz CT molecular complexity index is 1180. The molecule has 0 unspecified atom stereocenters. The van der Waals surface area contributed by atoms with E-state index in [2.05, 4.69) is 35.3 Å². The van der Waals surface area contributed by atoms with Crippen molar-refractivity contribution in [1.29, 1.82) is 0 Å². The number of H-pyrrole nitrogens is 2. The number of aromatic hydroxyl groups is 1. The standard InChI is InChI=1S/C18H22N8O2/c27-15-13(22-18(28)24-15)8-10-9-19-26-14(10)23-16(20-11-4-2-1-3-5-11)25-17(26)21-12-6-7-12/h8-9,11-12,27H,1-7H2,(H,20,21,25)(H2,22,24,28).